The Morgan fingerprint density at radius 2 is 1.57 bits per heavy atom. The fourth-order valence-corrected chi connectivity index (χ4v) is 2.54. The summed E-state index contributed by atoms with van der Waals surface area (Å²) < 4.78 is 37.0. The molecule has 0 unspecified atom stereocenters. The number of hydrogen-bond donors (Lipinski definition) is 0. The molecule has 2 rings (SSSR count). The van der Waals surface area contributed by atoms with Crippen LogP contribution in [0.2, 0.25) is 0 Å². The molecule has 0 amide bonds. The minimum Gasteiger partial charge on any atom is -0.497 e. The van der Waals surface area contributed by atoms with E-state index in [0.717, 1.165) is 16.5 Å². The lowest BCUT2D eigenvalue weighted by molar-refractivity contribution is -0.157. The van der Waals surface area contributed by atoms with Crippen molar-refractivity contribution in [2.45, 2.75) is 33.1 Å². The van der Waals surface area contributed by atoms with Crippen LogP contribution in [0.3, 0.4) is 0 Å². The number of benzene rings is 2. The Bertz CT molecular complexity index is 694. The maximum absolute atomic E-state index is 13.3. The zero-order valence-electron chi connectivity index (χ0n) is 13.4. The third-order valence-electron chi connectivity index (χ3n) is 4.32. The molecule has 0 aromatic heterocycles. The quantitative estimate of drug-likeness (QED) is 0.565. The molecule has 0 atom stereocenters. The Hall–Kier alpha value is -2.17. The lowest BCUT2D eigenvalue weighted by Crippen LogP contribution is -2.40. The zero-order chi connectivity index (χ0) is 17.0. The summed E-state index contributed by atoms with van der Waals surface area (Å²) in [4.78, 5) is 12.3. The molecular formula is C18H20F2O3. The van der Waals surface area contributed by atoms with Crippen molar-refractivity contribution >= 4 is 16.7 Å². The van der Waals surface area contributed by atoms with E-state index in [2.05, 4.69) is 0 Å². The van der Waals surface area contributed by atoms with Crippen molar-refractivity contribution < 1.29 is 23.0 Å². The molecule has 0 saturated heterocycles. The zero-order valence-corrected chi connectivity index (χ0v) is 13.4. The van der Waals surface area contributed by atoms with Crippen LogP contribution in [0.25, 0.3) is 10.8 Å². The van der Waals surface area contributed by atoms with Gasteiger partial charge in [-0.1, -0.05) is 26.0 Å². The summed E-state index contributed by atoms with van der Waals surface area (Å²) >= 11 is 0. The van der Waals surface area contributed by atoms with Gasteiger partial charge in [-0.05, 0) is 47.9 Å². The first-order valence-electron chi connectivity index (χ1n) is 7.55. The second-order valence-electron chi connectivity index (χ2n) is 5.43. The Morgan fingerprint density at radius 3 is 2.04 bits per heavy atom. The number of carbonyl (C=O) groups excluding carboxylic acids is 1. The van der Waals surface area contributed by atoms with Gasteiger partial charge < -0.3 is 9.47 Å². The van der Waals surface area contributed by atoms with Gasteiger partial charge in [0.15, 0.2) is 0 Å². The number of alkyl halides is 2. The second kappa shape index (κ2) is 6.94. The van der Waals surface area contributed by atoms with E-state index in [1.54, 1.807) is 45.2 Å². The molecule has 5 heteroatoms. The Labute approximate surface area is 134 Å². The lowest BCUT2D eigenvalue weighted by Gasteiger charge is -2.27. The van der Waals surface area contributed by atoms with Crippen LogP contribution in [0.5, 0.6) is 11.5 Å². The van der Waals surface area contributed by atoms with Gasteiger partial charge in [0.05, 0.1) is 7.11 Å². The largest absolute Gasteiger partial charge is 0.497 e. The predicted molar refractivity (Wildman–Crippen MR) is 85.2 cm³/mol. The van der Waals surface area contributed by atoms with Crippen LogP contribution in [0.4, 0.5) is 8.78 Å². The molecule has 23 heavy (non-hydrogen) atoms. The van der Waals surface area contributed by atoms with Gasteiger partial charge >= 0.3 is 5.97 Å². The normalized spacial score (nSPS) is 11.7. The maximum atomic E-state index is 13.3. The van der Waals surface area contributed by atoms with E-state index in [1.807, 2.05) is 12.1 Å². The Morgan fingerprint density at radius 1 is 1.04 bits per heavy atom. The van der Waals surface area contributed by atoms with Crippen LogP contribution < -0.4 is 9.47 Å². The molecule has 124 valence electrons. The molecule has 2 aromatic rings. The van der Waals surface area contributed by atoms with Crippen LogP contribution in [0, 0.1) is 5.41 Å². The highest BCUT2D eigenvalue weighted by Gasteiger charge is 2.45. The molecule has 3 nitrogen and oxygen atoms in total. The third kappa shape index (κ3) is 3.28. The number of fused-ring (bicyclic) bond motifs is 1. The van der Waals surface area contributed by atoms with Crippen LogP contribution in [0.15, 0.2) is 36.4 Å². The van der Waals surface area contributed by atoms with Crippen molar-refractivity contribution in [3.8, 4) is 11.5 Å². The minimum atomic E-state index is -2.75. The molecule has 0 saturated carbocycles. The van der Waals surface area contributed by atoms with E-state index in [1.165, 1.54) is 0 Å². The van der Waals surface area contributed by atoms with Crippen molar-refractivity contribution in [2.24, 2.45) is 5.41 Å². The highest BCUT2D eigenvalue weighted by Crippen LogP contribution is 2.36. The number of methoxy groups -OCH3 is 1. The van der Waals surface area contributed by atoms with Crippen molar-refractivity contribution in [3.05, 3.63) is 36.4 Å². The number of hydrogen-bond acceptors (Lipinski definition) is 3. The fourth-order valence-electron chi connectivity index (χ4n) is 2.54. The van der Waals surface area contributed by atoms with Crippen LogP contribution in [-0.4, -0.2) is 19.5 Å². The molecule has 0 aliphatic rings. The van der Waals surface area contributed by atoms with E-state index in [-0.39, 0.29) is 18.6 Å². The van der Waals surface area contributed by atoms with Gasteiger partial charge in [0.25, 0.3) is 6.43 Å². The first-order chi connectivity index (χ1) is 11.0. The van der Waals surface area contributed by atoms with Gasteiger partial charge in [-0.2, -0.15) is 0 Å². The SMILES string of the molecule is CCC(CC)(C(=O)Oc1ccc2cc(OC)ccc2c1)C(F)F. The average molecular weight is 322 g/mol. The van der Waals surface area contributed by atoms with E-state index in [9.17, 15) is 13.6 Å². The van der Waals surface area contributed by atoms with Crippen LogP contribution in [0.1, 0.15) is 26.7 Å². The van der Waals surface area contributed by atoms with Gasteiger partial charge in [-0.25, -0.2) is 8.78 Å². The average Bonchev–Trinajstić information content (AvgIpc) is 2.55. The Kier molecular flexibility index (Phi) is 5.19. The molecule has 0 heterocycles. The molecule has 0 bridgehead atoms. The van der Waals surface area contributed by atoms with Gasteiger partial charge in [-0.3, -0.25) is 4.79 Å². The second-order valence-corrected chi connectivity index (χ2v) is 5.43. The molecule has 0 aliphatic carbocycles. The van der Waals surface area contributed by atoms with Gasteiger partial charge in [0, 0.05) is 0 Å². The molecule has 0 fully saturated rings. The molecule has 2 aromatic carbocycles. The number of ether oxygens (including phenoxy) is 2. The van der Waals surface area contributed by atoms with Crippen molar-refractivity contribution in [1.29, 1.82) is 0 Å². The van der Waals surface area contributed by atoms with Crippen molar-refractivity contribution in [2.75, 3.05) is 7.11 Å². The van der Waals surface area contributed by atoms with Gasteiger partial charge in [0.1, 0.15) is 16.9 Å². The third-order valence-corrected chi connectivity index (χ3v) is 4.32. The smallest absolute Gasteiger partial charge is 0.323 e. The van der Waals surface area contributed by atoms with Crippen LogP contribution in [-0.2, 0) is 4.79 Å². The highest BCUT2D eigenvalue weighted by atomic mass is 19.3. The number of esters is 1. The minimum absolute atomic E-state index is 0.0325. The number of halogens is 2. The molecule has 0 radical (unpaired) electrons. The summed E-state index contributed by atoms with van der Waals surface area (Å²) in [6.45, 7) is 3.15. The Balaban J connectivity index is 2.29. The van der Waals surface area contributed by atoms with Crippen LogP contribution >= 0.6 is 0 Å². The van der Waals surface area contributed by atoms with E-state index in [4.69, 9.17) is 9.47 Å². The maximum Gasteiger partial charge on any atom is 0.323 e. The number of rotatable bonds is 6. The predicted octanol–water partition coefficient (Wildman–Crippen LogP) is 4.83. The first-order valence-corrected chi connectivity index (χ1v) is 7.55. The van der Waals surface area contributed by atoms with E-state index >= 15 is 0 Å². The standard InChI is InChI=1S/C18H20F2O3/c1-4-18(5-2,16(19)20)17(21)23-15-9-7-12-10-14(22-3)8-6-13(12)11-15/h6-11,16H,4-5H2,1-3H3. The monoisotopic (exact) mass is 322 g/mol. The van der Waals surface area contributed by atoms with Gasteiger partial charge in [0.2, 0.25) is 0 Å². The summed E-state index contributed by atoms with van der Waals surface area (Å²) in [5.74, 6) is 0.0980. The molecule has 0 N–H and O–H groups in total. The topological polar surface area (TPSA) is 35.5 Å². The van der Waals surface area contributed by atoms with E-state index < -0.39 is 17.8 Å². The molecule has 0 spiro atoms. The summed E-state index contributed by atoms with van der Waals surface area (Å²) in [6.07, 6.45) is -2.69. The number of carbonyl (C=O) groups is 1. The lowest BCUT2D eigenvalue weighted by atomic mass is 9.83. The molecule has 0 aliphatic heterocycles. The summed E-state index contributed by atoms with van der Waals surface area (Å²) in [6, 6.07) is 10.5. The van der Waals surface area contributed by atoms with Crippen molar-refractivity contribution in [1.82, 2.24) is 0 Å². The summed E-state index contributed by atoms with van der Waals surface area (Å²) in [5, 5.41) is 1.75. The van der Waals surface area contributed by atoms with E-state index in [0.29, 0.717) is 0 Å². The highest BCUT2D eigenvalue weighted by molar-refractivity contribution is 5.86. The summed E-state index contributed by atoms with van der Waals surface area (Å²) in [7, 11) is 1.58. The summed E-state index contributed by atoms with van der Waals surface area (Å²) in [5.41, 5.74) is -1.76. The van der Waals surface area contributed by atoms with Gasteiger partial charge in [-0.15, -0.1) is 0 Å². The van der Waals surface area contributed by atoms with Crippen molar-refractivity contribution in [3.63, 3.8) is 0 Å². The molecular weight excluding hydrogens is 302 g/mol. The first kappa shape index (κ1) is 17.2. The fraction of sp³-hybridized carbons (Fsp3) is 0.389.